The second kappa shape index (κ2) is 5.83. The van der Waals surface area contributed by atoms with Crippen molar-refractivity contribution in [2.24, 2.45) is 0 Å². The first-order valence-electron chi connectivity index (χ1n) is 6.36. The Balaban J connectivity index is 1.51. The number of amides is 1. The molecule has 1 N–H and O–H groups in total. The first-order valence-corrected chi connectivity index (χ1v) is 7.31. The number of carbonyl (C=O) groups is 1. The summed E-state index contributed by atoms with van der Waals surface area (Å²) in [5, 5.41) is 4.89. The molecule has 3 heterocycles. The van der Waals surface area contributed by atoms with E-state index in [1.807, 2.05) is 34.3 Å². The normalized spacial score (nSPS) is 10.8. The van der Waals surface area contributed by atoms with Gasteiger partial charge in [-0.3, -0.25) is 4.79 Å². The molecule has 1 amide bonds. The number of rotatable bonds is 5. The van der Waals surface area contributed by atoms with Gasteiger partial charge >= 0.3 is 0 Å². The van der Waals surface area contributed by atoms with E-state index in [9.17, 15) is 4.79 Å². The van der Waals surface area contributed by atoms with E-state index in [4.69, 9.17) is 0 Å². The highest BCUT2D eigenvalue weighted by Gasteiger charge is 2.04. The van der Waals surface area contributed by atoms with Crippen molar-refractivity contribution in [3.8, 4) is 0 Å². The molecule has 3 aromatic heterocycles. The van der Waals surface area contributed by atoms with Crippen molar-refractivity contribution >= 4 is 22.9 Å². The molecule has 0 unspecified atom stereocenters. The molecule has 5 nitrogen and oxygen atoms in total. The molecule has 3 rings (SSSR count). The average molecular weight is 286 g/mol. The number of imidazole rings is 1. The summed E-state index contributed by atoms with van der Waals surface area (Å²) < 4.78 is 1.94. The lowest BCUT2D eigenvalue weighted by Crippen LogP contribution is -2.23. The SMILES string of the molecule is O=C(CCc1cscn1)NCc1ccn2ccnc2c1. The molecule has 20 heavy (non-hydrogen) atoms. The van der Waals surface area contributed by atoms with Gasteiger partial charge in [-0.25, -0.2) is 9.97 Å². The predicted molar refractivity (Wildman–Crippen MR) is 77.5 cm³/mol. The second-order valence-corrected chi connectivity index (χ2v) is 5.20. The minimum Gasteiger partial charge on any atom is -0.352 e. The van der Waals surface area contributed by atoms with Gasteiger partial charge in [-0.15, -0.1) is 11.3 Å². The first kappa shape index (κ1) is 12.8. The van der Waals surface area contributed by atoms with Gasteiger partial charge in [0, 0.05) is 36.9 Å². The Morgan fingerprint density at radius 1 is 1.35 bits per heavy atom. The minimum absolute atomic E-state index is 0.0428. The van der Waals surface area contributed by atoms with Crippen LogP contribution in [0, 0.1) is 0 Å². The summed E-state index contributed by atoms with van der Waals surface area (Å²) in [6, 6.07) is 3.95. The fraction of sp³-hybridized carbons (Fsp3) is 0.214. The maximum Gasteiger partial charge on any atom is 0.220 e. The van der Waals surface area contributed by atoms with E-state index >= 15 is 0 Å². The first-order chi connectivity index (χ1) is 9.81. The van der Waals surface area contributed by atoms with Crippen LogP contribution in [0.1, 0.15) is 17.7 Å². The third-order valence-corrected chi connectivity index (χ3v) is 3.68. The maximum atomic E-state index is 11.8. The van der Waals surface area contributed by atoms with Crippen molar-refractivity contribution < 1.29 is 4.79 Å². The van der Waals surface area contributed by atoms with Crippen LogP contribution < -0.4 is 5.32 Å². The average Bonchev–Trinajstić information content (AvgIpc) is 3.13. The maximum absolute atomic E-state index is 11.8. The monoisotopic (exact) mass is 286 g/mol. The Bertz CT molecular complexity index is 705. The number of pyridine rings is 1. The van der Waals surface area contributed by atoms with E-state index in [0.29, 0.717) is 19.4 Å². The molecule has 3 aromatic rings. The highest BCUT2D eigenvalue weighted by molar-refractivity contribution is 7.07. The molecule has 0 saturated heterocycles. The van der Waals surface area contributed by atoms with Crippen molar-refractivity contribution in [1.29, 1.82) is 0 Å². The third kappa shape index (κ3) is 3.03. The lowest BCUT2D eigenvalue weighted by molar-refractivity contribution is -0.121. The number of thiazole rings is 1. The zero-order chi connectivity index (χ0) is 13.8. The van der Waals surface area contributed by atoms with Crippen LogP contribution >= 0.6 is 11.3 Å². The van der Waals surface area contributed by atoms with Gasteiger partial charge in [-0.05, 0) is 24.1 Å². The minimum atomic E-state index is 0.0428. The smallest absolute Gasteiger partial charge is 0.220 e. The highest BCUT2D eigenvalue weighted by Crippen LogP contribution is 2.06. The lowest BCUT2D eigenvalue weighted by Gasteiger charge is -2.05. The number of hydrogen-bond acceptors (Lipinski definition) is 4. The second-order valence-electron chi connectivity index (χ2n) is 4.48. The molecular formula is C14H14N4OS. The van der Waals surface area contributed by atoms with Gasteiger partial charge in [0.15, 0.2) is 0 Å². The van der Waals surface area contributed by atoms with Gasteiger partial charge in [0.05, 0.1) is 11.2 Å². The quantitative estimate of drug-likeness (QED) is 0.781. The summed E-state index contributed by atoms with van der Waals surface area (Å²) in [7, 11) is 0. The van der Waals surface area contributed by atoms with Crippen LogP contribution in [-0.2, 0) is 17.8 Å². The molecule has 0 aliphatic rings. The van der Waals surface area contributed by atoms with E-state index in [-0.39, 0.29) is 5.91 Å². The molecule has 0 radical (unpaired) electrons. The predicted octanol–water partition coefficient (Wildman–Crippen LogP) is 2.04. The van der Waals surface area contributed by atoms with E-state index in [1.54, 1.807) is 23.0 Å². The number of hydrogen-bond donors (Lipinski definition) is 1. The van der Waals surface area contributed by atoms with Crippen molar-refractivity contribution in [2.45, 2.75) is 19.4 Å². The molecule has 0 aromatic carbocycles. The number of carbonyl (C=O) groups excluding carboxylic acids is 1. The van der Waals surface area contributed by atoms with Crippen molar-refractivity contribution in [3.63, 3.8) is 0 Å². The number of aromatic nitrogens is 3. The Morgan fingerprint density at radius 3 is 3.15 bits per heavy atom. The summed E-state index contributed by atoms with van der Waals surface area (Å²) in [5.41, 5.74) is 4.70. The molecule has 102 valence electrons. The molecule has 0 fully saturated rings. The van der Waals surface area contributed by atoms with Gasteiger partial charge in [-0.2, -0.15) is 0 Å². The van der Waals surface area contributed by atoms with E-state index in [1.165, 1.54) is 0 Å². The fourth-order valence-corrected chi connectivity index (χ4v) is 2.55. The highest BCUT2D eigenvalue weighted by atomic mass is 32.1. The Morgan fingerprint density at radius 2 is 2.30 bits per heavy atom. The summed E-state index contributed by atoms with van der Waals surface area (Å²) in [4.78, 5) is 20.2. The van der Waals surface area contributed by atoms with E-state index in [2.05, 4.69) is 15.3 Å². The van der Waals surface area contributed by atoms with Gasteiger partial charge in [0.1, 0.15) is 5.65 Å². The van der Waals surface area contributed by atoms with Crippen LogP contribution in [0.3, 0.4) is 0 Å². The van der Waals surface area contributed by atoms with Crippen LogP contribution in [0.2, 0.25) is 0 Å². The molecule has 6 heteroatoms. The summed E-state index contributed by atoms with van der Waals surface area (Å²) in [5.74, 6) is 0.0428. The molecule has 0 atom stereocenters. The van der Waals surface area contributed by atoms with Crippen molar-refractivity contribution in [2.75, 3.05) is 0 Å². The molecule has 0 saturated carbocycles. The topological polar surface area (TPSA) is 59.3 Å². The molecule has 0 aliphatic carbocycles. The van der Waals surface area contributed by atoms with Gasteiger partial charge in [0.2, 0.25) is 5.91 Å². The molecule has 0 bridgehead atoms. The molecular weight excluding hydrogens is 272 g/mol. The van der Waals surface area contributed by atoms with Gasteiger partial charge in [0.25, 0.3) is 0 Å². The lowest BCUT2D eigenvalue weighted by atomic mass is 10.2. The summed E-state index contributed by atoms with van der Waals surface area (Å²) >= 11 is 1.55. The van der Waals surface area contributed by atoms with E-state index in [0.717, 1.165) is 16.9 Å². The van der Waals surface area contributed by atoms with Crippen molar-refractivity contribution in [3.05, 3.63) is 52.9 Å². The van der Waals surface area contributed by atoms with Gasteiger partial charge < -0.3 is 9.72 Å². The number of nitrogens with zero attached hydrogens (tertiary/aromatic N) is 3. The Kier molecular flexibility index (Phi) is 3.73. The number of nitrogens with one attached hydrogen (secondary N) is 1. The zero-order valence-corrected chi connectivity index (χ0v) is 11.6. The Labute approximate surface area is 120 Å². The van der Waals surface area contributed by atoms with Crippen LogP contribution in [-0.4, -0.2) is 20.3 Å². The van der Waals surface area contributed by atoms with Crippen LogP contribution in [0.25, 0.3) is 5.65 Å². The van der Waals surface area contributed by atoms with Crippen LogP contribution in [0.5, 0.6) is 0 Å². The van der Waals surface area contributed by atoms with Crippen LogP contribution in [0.4, 0.5) is 0 Å². The van der Waals surface area contributed by atoms with Gasteiger partial charge in [-0.1, -0.05) is 0 Å². The standard InChI is InChI=1S/C14H14N4OS/c19-14(2-1-12-9-20-10-17-12)16-8-11-3-5-18-6-4-15-13(18)7-11/h3-7,9-10H,1-2,8H2,(H,16,19). The summed E-state index contributed by atoms with van der Waals surface area (Å²) in [6.45, 7) is 0.527. The molecule has 0 aliphatic heterocycles. The number of fused-ring (bicyclic) bond motifs is 1. The largest absolute Gasteiger partial charge is 0.352 e. The number of aryl methyl sites for hydroxylation is 1. The van der Waals surface area contributed by atoms with E-state index < -0.39 is 0 Å². The third-order valence-electron chi connectivity index (χ3n) is 3.04. The van der Waals surface area contributed by atoms with Crippen LogP contribution in [0.15, 0.2) is 41.6 Å². The zero-order valence-electron chi connectivity index (χ0n) is 10.8. The molecule has 0 spiro atoms. The fourth-order valence-electron chi connectivity index (χ4n) is 1.95. The Hall–Kier alpha value is -2.21. The summed E-state index contributed by atoms with van der Waals surface area (Å²) in [6.07, 6.45) is 6.75. The van der Waals surface area contributed by atoms with Crippen molar-refractivity contribution in [1.82, 2.24) is 19.7 Å².